The molecule has 0 radical (unpaired) electrons. The Morgan fingerprint density at radius 1 is 1.13 bits per heavy atom. The summed E-state index contributed by atoms with van der Waals surface area (Å²) in [6.45, 7) is 3.81. The first-order valence-electron chi connectivity index (χ1n) is 9.55. The van der Waals surface area contributed by atoms with Crippen LogP contribution >= 0.6 is 22.9 Å². The van der Waals surface area contributed by atoms with Gasteiger partial charge in [0.05, 0.1) is 37.9 Å². The third-order valence-corrected chi connectivity index (χ3v) is 5.73. The lowest BCUT2D eigenvalue weighted by Crippen LogP contribution is -2.42. The fraction of sp³-hybridized carbons (Fsp3) is 0.421. The lowest BCUT2D eigenvalue weighted by Gasteiger charge is -2.25. The summed E-state index contributed by atoms with van der Waals surface area (Å²) >= 11 is 7.63. The van der Waals surface area contributed by atoms with Crippen LogP contribution in [0.1, 0.15) is 22.5 Å². The van der Waals surface area contributed by atoms with Crippen molar-refractivity contribution in [3.05, 3.63) is 33.8 Å². The highest BCUT2D eigenvalue weighted by Gasteiger charge is 2.19. The van der Waals surface area contributed by atoms with Gasteiger partial charge in [0.2, 0.25) is 5.91 Å². The zero-order chi connectivity index (χ0) is 20.9. The van der Waals surface area contributed by atoms with Crippen molar-refractivity contribution in [1.82, 2.24) is 15.8 Å². The number of hydrogen-bond donors (Lipinski definition) is 2. The summed E-state index contributed by atoms with van der Waals surface area (Å²) in [5.41, 5.74) is 5.71. The second-order valence-electron chi connectivity index (χ2n) is 6.75. The molecule has 0 aliphatic carbocycles. The Bertz CT molecular complexity index is 932. The molecule has 160 valence electrons. The van der Waals surface area contributed by atoms with E-state index in [1.807, 2.05) is 0 Å². The van der Waals surface area contributed by atoms with Crippen LogP contribution in [0.5, 0.6) is 11.5 Å². The number of halogens is 1. The zero-order valence-corrected chi connectivity index (χ0v) is 17.7. The predicted molar refractivity (Wildman–Crippen MR) is 112 cm³/mol. The quantitative estimate of drug-likeness (QED) is 0.682. The average Bonchev–Trinajstić information content (AvgIpc) is 3.12. The minimum Gasteiger partial charge on any atom is -0.489 e. The normalized spacial score (nSPS) is 16.0. The molecule has 1 fully saturated rings. The maximum absolute atomic E-state index is 12.3. The summed E-state index contributed by atoms with van der Waals surface area (Å²) in [7, 11) is 0. The highest BCUT2D eigenvalue weighted by atomic mass is 35.5. The number of benzene rings is 1. The number of anilines is 1. The topological polar surface area (TPSA) is 102 Å². The Labute approximate surface area is 182 Å². The van der Waals surface area contributed by atoms with E-state index in [9.17, 15) is 9.59 Å². The van der Waals surface area contributed by atoms with Crippen LogP contribution in [0.3, 0.4) is 0 Å². The number of carbonyl (C=O) groups excluding carboxylic acids is 2. The molecule has 0 unspecified atom stereocenters. The number of ether oxygens (including phenoxy) is 3. The van der Waals surface area contributed by atoms with Gasteiger partial charge in [-0.2, -0.15) is 0 Å². The minimum atomic E-state index is -0.476. The molecule has 0 saturated carbocycles. The lowest BCUT2D eigenvalue weighted by molar-refractivity contribution is -0.121. The molecule has 11 heteroatoms. The summed E-state index contributed by atoms with van der Waals surface area (Å²) in [6, 6.07) is 3.38. The van der Waals surface area contributed by atoms with Crippen LogP contribution in [0.25, 0.3) is 0 Å². The van der Waals surface area contributed by atoms with Gasteiger partial charge in [-0.3, -0.25) is 20.4 Å². The number of amides is 2. The Morgan fingerprint density at radius 3 is 2.77 bits per heavy atom. The minimum absolute atomic E-state index is 0.0206. The maximum atomic E-state index is 12.3. The molecule has 2 N–H and O–H groups in total. The van der Waals surface area contributed by atoms with E-state index in [1.54, 1.807) is 17.5 Å². The number of fused-ring (bicyclic) bond motifs is 1. The van der Waals surface area contributed by atoms with E-state index in [4.69, 9.17) is 25.8 Å². The molecule has 1 aromatic heterocycles. The predicted octanol–water partition coefficient (Wildman–Crippen LogP) is 1.80. The molecule has 1 saturated heterocycles. The molecule has 0 bridgehead atoms. The fourth-order valence-electron chi connectivity index (χ4n) is 3.07. The molecule has 30 heavy (non-hydrogen) atoms. The van der Waals surface area contributed by atoms with Crippen molar-refractivity contribution in [2.45, 2.75) is 12.8 Å². The molecule has 9 nitrogen and oxygen atoms in total. The van der Waals surface area contributed by atoms with Gasteiger partial charge < -0.3 is 19.1 Å². The Hall–Kier alpha value is -2.56. The van der Waals surface area contributed by atoms with Crippen molar-refractivity contribution in [3.8, 4) is 11.5 Å². The third kappa shape index (κ3) is 4.94. The summed E-state index contributed by atoms with van der Waals surface area (Å²) in [6.07, 6.45) is 0.781. The van der Waals surface area contributed by atoms with Crippen molar-refractivity contribution in [1.29, 1.82) is 0 Å². The Kier molecular flexibility index (Phi) is 6.56. The van der Waals surface area contributed by atoms with Gasteiger partial charge in [-0.15, -0.1) is 11.3 Å². The number of nitrogens with one attached hydrogen (secondary N) is 2. The fourth-order valence-corrected chi connectivity index (χ4v) is 4.22. The van der Waals surface area contributed by atoms with Crippen LogP contribution in [-0.2, 0) is 16.0 Å². The first-order chi connectivity index (χ1) is 14.6. The summed E-state index contributed by atoms with van der Waals surface area (Å²) in [5, 5.41) is 2.81. The summed E-state index contributed by atoms with van der Waals surface area (Å²) < 4.78 is 16.5. The van der Waals surface area contributed by atoms with Gasteiger partial charge in [0.25, 0.3) is 5.91 Å². The average molecular weight is 453 g/mol. The molecule has 2 aromatic rings. The number of rotatable bonds is 4. The van der Waals surface area contributed by atoms with Gasteiger partial charge in [-0.1, -0.05) is 11.6 Å². The van der Waals surface area contributed by atoms with E-state index in [2.05, 4.69) is 20.7 Å². The van der Waals surface area contributed by atoms with Crippen molar-refractivity contribution in [3.63, 3.8) is 0 Å². The van der Waals surface area contributed by atoms with E-state index in [0.29, 0.717) is 48.5 Å². The second-order valence-corrected chi connectivity index (χ2v) is 7.99. The van der Waals surface area contributed by atoms with E-state index in [1.165, 1.54) is 11.3 Å². The smallest absolute Gasteiger partial charge is 0.289 e. The van der Waals surface area contributed by atoms with Crippen molar-refractivity contribution < 1.29 is 23.8 Å². The monoisotopic (exact) mass is 452 g/mol. The van der Waals surface area contributed by atoms with Crippen molar-refractivity contribution in [2.75, 3.05) is 44.4 Å². The number of hydrazine groups is 1. The van der Waals surface area contributed by atoms with Crippen LogP contribution in [0.2, 0.25) is 5.02 Å². The standard InChI is InChI=1S/C19H21ClN4O5S/c20-13-8-12(9-15-17(13)29-5-1-4-28-15)10-16(25)22-23-18(26)14-11-30-19(21-14)24-2-6-27-7-3-24/h8-9,11H,1-7,10H2,(H,22,25)(H,23,26). The van der Waals surface area contributed by atoms with Gasteiger partial charge in [0, 0.05) is 24.9 Å². The molecule has 0 atom stereocenters. The van der Waals surface area contributed by atoms with Gasteiger partial charge in [0.1, 0.15) is 5.69 Å². The van der Waals surface area contributed by atoms with Gasteiger partial charge >= 0.3 is 0 Å². The Morgan fingerprint density at radius 2 is 1.93 bits per heavy atom. The number of thiazole rings is 1. The van der Waals surface area contributed by atoms with E-state index < -0.39 is 11.8 Å². The molecule has 2 aliphatic heterocycles. The molecule has 1 aromatic carbocycles. The number of carbonyl (C=O) groups is 2. The largest absolute Gasteiger partial charge is 0.489 e. The number of aromatic nitrogens is 1. The van der Waals surface area contributed by atoms with Crippen molar-refractivity contribution in [2.24, 2.45) is 0 Å². The van der Waals surface area contributed by atoms with Crippen LogP contribution in [0.15, 0.2) is 17.5 Å². The van der Waals surface area contributed by atoms with Crippen molar-refractivity contribution >= 4 is 39.9 Å². The SMILES string of the molecule is O=C(Cc1cc(Cl)c2c(c1)OCCCO2)NNC(=O)c1csc(N2CCOCC2)n1. The molecule has 3 heterocycles. The molecule has 0 spiro atoms. The third-order valence-electron chi connectivity index (χ3n) is 4.55. The number of nitrogens with zero attached hydrogens (tertiary/aromatic N) is 2. The number of morpholine rings is 1. The second kappa shape index (κ2) is 9.50. The maximum Gasteiger partial charge on any atom is 0.289 e. The number of hydrogen-bond acceptors (Lipinski definition) is 8. The van der Waals surface area contributed by atoms with Gasteiger partial charge in [-0.25, -0.2) is 4.98 Å². The molecular formula is C19H21ClN4O5S. The van der Waals surface area contributed by atoms with E-state index in [-0.39, 0.29) is 12.1 Å². The van der Waals surface area contributed by atoms with Crippen LogP contribution in [0, 0.1) is 0 Å². The van der Waals surface area contributed by atoms with Crippen LogP contribution < -0.4 is 25.2 Å². The van der Waals surface area contributed by atoms with Gasteiger partial charge in [-0.05, 0) is 17.7 Å². The van der Waals surface area contributed by atoms with Crippen LogP contribution in [0.4, 0.5) is 5.13 Å². The first kappa shape index (κ1) is 20.7. The highest BCUT2D eigenvalue weighted by molar-refractivity contribution is 7.13. The molecule has 2 aliphatic rings. The molecular weight excluding hydrogens is 432 g/mol. The molecule has 4 rings (SSSR count). The van der Waals surface area contributed by atoms with Crippen LogP contribution in [-0.4, -0.2) is 56.3 Å². The molecule has 2 amide bonds. The van der Waals surface area contributed by atoms with E-state index in [0.717, 1.165) is 24.6 Å². The summed E-state index contributed by atoms with van der Waals surface area (Å²) in [5.74, 6) is 0.143. The van der Waals surface area contributed by atoms with Gasteiger partial charge in [0.15, 0.2) is 16.6 Å². The lowest BCUT2D eigenvalue weighted by atomic mass is 10.1. The Balaban J connectivity index is 1.31. The van der Waals surface area contributed by atoms with E-state index >= 15 is 0 Å². The highest BCUT2D eigenvalue weighted by Crippen LogP contribution is 2.38. The zero-order valence-electron chi connectivity index (χ0n) is 16.1. The summed E-state index contributed by atoms with van der Waals surface area (Å²) in [4.78, 5) is 31.0. The first-order valence-corrected chi connectivity index (χ1v) is 10.8.